The second-order valence-electron chi connectivity index (χ2n) is 4.93. The summed E-state index contributed by atoms with van der Waals surface area (Å²) in [6.07, 6.45) is -2.47. The molecule has 0 radical (unpaired) electrons. The van der Waals surface area contributed by atoms with Crippen LogP contribution >= 0.6 is 0 Å². The van der Waals surface area contributed by atoms with Crippen LogP contribution in [0.5, 0.6) is 0 Å². The molecule has 0 saturated carbocycles. The predicted octanol–water partition coefficient (Wildman–Crippen LogP) is 3.69. The van der Waals surface area contributed by atoms with E-state index in [0.717, 1.165) is 12.0 Å². The maximum absolute atomic E-state index is 11.9. The summed E-state index contributed by atoms with van der Waals surface area (Å²) in [7, 11) is 0. The summed E-state index contributed by atoms with van der Waals surface area (Å²) in [6.45, 7) is 0.789. The summed E-state index contributed by atoms with van der Waals surface area (Å²) >= 11 is 0. The van der Waals surface area contributed by atoms with Gasteiger partial charge in [-0.05, 0) is 24.8 Å². The largest absolute Gasteiger partial charge is 0.411 e. The zero-order valence-corrected chi connectivity index (χ0v) is 11.6. The van der Waals surface area contributed by atoms with E-state index in [2.05, 4.69) is 4.74 Å². The van der Waals surface area contributed by atoms with E-state index in [4.69, 9.17) is 0 Å². The quantitative estimate of drug-likeness (QED) is 0.740. The summed E-state index contributed by atoms with van der Waals surface area (Å²) in [6, 6.07) is 9.57. The van der Waals surface area contributed by atoms with Crippen molar-refractivity contribution >= 4 is 0 Å². The number of aliphatic hydroxyl groups is 1. The molecule has 0 saturated heterocycles. The van der Waals surface area contributed by atoms with Crippen molar-refractivity contribution in [1.82, 2.24) is 0 Å². The highest BCUT2D eigenvalue weighted by atomic mass is 19.4. The molecule has 1 rings (SSSR count). The molecule has 1 aromatic carbocycles. The normalized spacial score (nSPS) is 15.1. The van der Waals surface area contributed by atoms with Crippen LogP contribution in [0.25, 0.3) is 0 Å². The number of ether oxygens (including phenoxy) is 1. The molecule has 0 aliphatic carbocycles. The van der Waals surface area contributed by atoms with Gasteiger partial charge >= 0.3 is 6.18 Å². The van der Waals surface area contributed by atoms with E-state index in [0.29, 0.717) is 12.8 Å². The Morgan fingerprint density at radius 1 is 1.15 bits per heavy atom. The van der Waals surface area contributed by atoms with Gasteiger partial charge < -0.3 is 9.84 Å². The lowest BCUT2D eigenvalue weighted by atomic mass is 9.75. The molecule has 1 unspecified atom stereocenters. The van der Waals surface area contributed by atoms with Crippen molar-refractivity contribution in [2.45, 2.75) is 37.8 Å². The van der Waals surface area contributed by atoms with E-state index in [1.54, 1.807) is 0 Å². The van der Waals surface area contributed by atoms with Crippen molar-refractivity contribution in [1.29, 1.82) is 0 Å². The highest BCUT2D eigenvalue weighted by Crippen LogP contribution is 2.32. The standard InChI is InChI=1S/C15H21F3O2/c1-2-14(11-19,13-7-4-3-5-8-13)9-6-10-20-12-15(16,17)18/h3-5,7-8,19H,2,6,9-12H2,1H3. The van der Waals surface area contributed by atoms with Crippen LogP contribution in [0.4, 0.5) is 13.2 Å². The average molecular weight is 290 g/mol. The molecule has 0 heterocycles. The Kier molecular flexibility index (Phi) is 6.49. The Hall–Kier alpha value is -1.07. The maximum atomic E-state index is 11.9. The molecule has 0 aliphatic heterocycles. The zero-order chi connectivity index (χ0) is 15.1. The van der Waals surface area contributed by atoms with Gasteiger partial charge in [0.2, 0.25) is 0 Å². The highest BCUT2D eigenvalue weighted by Gasteiger charge is 2.30. The van der Waals surface area contributed by atoms with Gasteiger partial charge in [0.05, 0.1) is 6.61 Å². The molecule has 0 spiro atoms. The third-order valence-electron chi connectivity index (χ3n) is 3.58. The fourth-order valence-electron chi connectivity index (χ4n) is 2.30. The SMILES string of the molecule is CCC(CO)(CCCOCC(F)(F)F)c1ccccc1. The molecule has 0 fully saturated rings. The second-order valence-corrected chi connectivity index (χ2v) is 4.93. The van der Waals surface area contributed by atoms with Gasteiger partial charge in [-0.1, -0.05) is 37.3 Å². The summed E-state index contributed by atoms with van der Waals surface area (Å²) in [4.78, 5) is 0. The first-order valence-electron chi connectivity index (χ1n) is 6.74. The van der Waals surface area contributed by atoms with Crippen LogP contribution in [0.1, 0.15) is 31.7 Å². The number of rotatable bonds is 8. The summed E-state index contributed by atoms with van der Waals surface area (Å²) in [5.41, 5.74) is 0.615. The molecule has 0 amide bonds. The Balaban J connectivity index is 2.52. The average Bonchev–Trinajstić information content (AvgIpc) is 2.43. The second kappa shape index (κ2) is 7.64. The smallest absolute Gasteiger partial charge is 0.395 e. The predicted molar refractivity (Wildman–Crippen MR) is 71.6 cm³/mol. The van der Waals surface area contributed by atoms with E-state index in [9.17, 15) is 18.3 Å². The number of alkyl halides is 3. The van der Waals surface area contributed by atoms with E-state index < -0.39 is 18.2 Å². The van der Waals surface area contributed by atoms with Gasteiger partial charge in [0.25, 0.3) is 0 Å². The number of benzene rings is 1. The molecule has 2 nitrogen and oxygen atoms in total. The van der Waals surface area contributed by atoms with Gasteiger partial charge in [-0.25, -0.2) is 0 Å². The number of aliphatic hydroxyl groups excluding tert-OH is 1. The highest BCUT2D eigenvalue weighted by molar-refractivity contribution is 5.25. The van der Waals surface area contributed by atoms with Crippen molar-refractivity contribution in [3.05, 3.63) is 35.9 Å². The first kappa shape index (κ1) is 17.0. The van der Waals surface area contributed by atoms with Gasteiger partial charge in [-0.2, -0.15) is 13.2 Å². The first-order chi connectivity index (χ1) is 9.43. The Labute approximate surface area is 117 Å². The number of halogens is 3. The molecule has 1 atom stereocenters. The first-order valence-corrected chi connectivity index (χ1v) is 6.74. The van der Waals surface area contributed by atoms with Crippen LogP contribution in [-0.4, -0.2) is 31.1 Å². The van der Waals surface area contributed by atoms with Crippen LogP contribution in [-0.2, 0) is 10.2 Å². The summed E-state index contributed by atoms with van der Waals surface area (Å²) in [5.74, 6) is 0. The fourth-order valence-corrected chi connectivity index (χ4v) is 2.30. The van der Waals surface area contributed by atoms with Crippen LogP contribution in [0.3, 0.4) is 0 Å². The molecule has 114 valence electrons. The van der Waals surface area contributed by atoms with Gasteiger partial charge in [-0.15, -0.1) is 0 Å². The molecular formula is C15H21F3O2. The van der Waals surface area contributed by atoms with Crippen molar-refractivity contribution in [3.8, 4) is 0 Å². The minimum Gasteiger partial charge on any atom is -0.395 e. The third kappa shape index (κ3) is 5.13. The van der Waals surface area contributed by atoms with Gasteiger partial charge in [0.1, 0.15) is 6.61 Å². The molecule has 0 bridgehead atoms. The van der Waals surface area contributed by atoms with Crippen LogP contribution in [0.15, 0.2) is 30.3 Å². The van der Waals surface area contributed by atoms with Crippen molar-refractivity contribution in [2.75, 3.05) is 19.8 Å². The van der Waals surface area contributed by atoms with E-state index >= 15 is 0 Å². The van der Waals surface area contributed by atoms with Crippen LogP contribution in [0.2, 0.25) is 0 Å². The summed E-state index contributed by atoms with van der Waals surface area (Å²) < 4.78 is 40.5. The lowest BCUT2D eigenvalue weighted by molar-refractivity contribution is -0.174. The molecule has 1 aromatic rings. The molecule has 1 N–H and O–H groups in total. The van der Waals surface area contributed by atoms with Gasteiger partial charge in [-0.3, -0.25) is 0 Å². The van der Waals surface area contributed by atoms with Crippen molar-refractivity contribution in [2.24, 2.45) is 0 Å². The van der Waals surface area contributed by atoms with Crippen LogP contribution in [0, 0.1) is 0 Å². The molecule has 0 aliphatic rings. The Morgan fingerprint density at radius 3 is 2.30 bits per heavy atom. The van der Waals surface area contributed by atoms with E-state index in [-0.39, 0.29) is 13.2 Å². The summed E-state index contributed by atoms with van der Waals surface area (Å²) in [5, 5.41) is 9.69. The van der Waals surface area contributed by atoms with Gasteiger partial charge in [0.15, 0.2) is 0 Å². The fraction of sp³-hybridized carbons (Fsp3) is 0.600. The lowest BCUT2D eigenvalue weighted by Gasteiger charge is -2.31. The molecular weight excluding hydrogens is 269 g/mol. The monoisotopic (exact) mass is 290 g/mol. The lowest BCUT2D eigenvalue weighted by Crippen LogP contribution is -2.30. The topological polar surface area (TPSA) is 29.5 Å². The molecule has 5 heteroatoms. The third-order valence-corrected chi connectivity index (χ3v) is 3.58. The Bertz CT molecular complexity index is 372. The minimum absolute atomic E-state index is 0.0210. The van der Waals surface area contributed by atoms with E-state index in [1.165, 1.54) is 0 Å². The van der Waals surface area contributed by atoms with Crippen molar-refractivity contribution < 1.29 is 23.0 Å². The van der Waals surface area contributed by atoms with Crippen molar-refractivity contribution in [3.63, 3.8) is 0 Å². The van der Waals surface area contributed by atoms with E-state index in [1.807, 2.05) is 37.3 Å². The molecule has 20 heavy (non-hydrogen) atoms. The molecule has 0 aromatic heterocycles. The zero-order valence-electron chi connectivity index (χ0n) is 11.6. The number of hydrogen-bond acceptors (Lipinski definition) is 2. The Morgan fingerprint density at radius 2 is 1.80 bits per heavy atom. The number of hydrogen-bond donors (Lipinski definition) is 1. The maximum Gasteiger partial charge on any atom is 0.411 e. The minimum atomic E-state index is -4.28. The van der Waals surface area contributed by atoms with Gasteiger partial charge in [0, 0.05) is 12.0 Å². The van der Waals surface area contributed by atoms with Crippen LogP contribution < -0.4 is 0 Å².